The van der Waals surface area contributed by atoms with Crippen LogP contribution < -0.4 is 17.0 Å². The first kappa shape index (κ1) is 17.0. The third-order valence-electron chi connectivity index (χ3n) is 2.55. The van der Waals surface area contributed by atoms with E-state index in [0.717, 1.165) is 0 Å². The number of hydrogen-bond donors (Lipinski definition) is 0. The quantitative estimate of drug-likeness (QED) is 0.521. The minimum Gasteiger partial charge on any atom is -1.00 e. The number of halogens is 1. The Kier molecular flexibility index (Phi) is 10.8. The van der Waals surface area contributed by atoms with Crippen molar-refractivity contribution in [1.82, 2.24) is 0 Å². The Hall–Kier alpha value is 0.596. The van der Waals surface area contributed by atoms with Gasteiger partial charge in [0, 0.05) is 0 Å². The van der Waals surface area contributed by atoms with Gasteiger partial charge in [0.05, 0.1) is 0 Å². The van der Waals surface area contributed by atoms with Crippen molar-refractivity contribution in [2.24, 2.45) is 0 Å². The van der Waals surface area contributed by atoms with Crippen LogP contribution >= 0.6 is 0 Å². The van der Waals surface area contributed by atoms with E-state index < -0.39 is 0 Å². The van der Waals surface area contributed by atoms with Crippen LogP contribution in [0, 0.1) is 5.92 Å². The number of hydrogen-bond acceptors (Lipinski definition) is 0. The molecule has 0 atom stereocenters. The maximum absolute atomic E-state index is 2.37. The van der Waals surface area contributed by atoms with Gasteiger partial charge in [0.2, 0.25) is 0 Å². The molecule has 0 aromatic carbocycles. The van der Waals surface area contributed by atoms with E-state index in [1.807, 2.05) is 0 Å². The molecule has 1 rings (SSSR count). The molecular formula is C12H19BrMg. The van der Waals surface area contributed by atoms with Gasteiger partial charge >= 0.3 is 23.1 Å². The SMILES string of the molecule is CCC1=C[C-](CC)CC(CC)=C1.[Br-].[Mg+2]. The first-order valence-electron chi connectivity index (χ1n) is 5.04. The molecule has 0 bridgehead atoms. The van der Waals surface area contributed by atoms with Crippen molar-refractivity contribution in [2.45, 2.75) is 46.5 Å². The molecule has 0 unspecified atom stereocenters. The minimum absolute atomic E-state index is 0. The van der Waals surface area contributed by atoms with Gasteiger partial charge in [-0.25, -0.2) is 12.0 Å². The molecule has 0 saturated heterocycles. The van der Waals surface area contributed by atoms with Crippen molar-refractivity contribution < 1.29 is 17.0 Å². The molecule has 0 fully saturated rings. The summed E-state index contributed by atoms with van der Waals surface area (Å²) >= 11 is 0. The zero-order chi connectivity index (χ0) is 8.97. The van der Waals surface area contributed by atoms with Crippen LogP contribution in [-0.4, -0.2) is 23.1 Å². The van der Waals surface area contributed by atoms with Gasteiger partial charge in [0.25, 0.3) is 0 Å². The topological polar surface area (TPSA) is 0 Å². The van der Waals surface area contributed by atoms with E-state index in [9.17, 15) is 0 Å². The summed E-state index contributed by atoms with van der Waals surface area (Å²) in [5, 5.41) is 0. The van der Waals surface area contributed by atoms with Crippen molar-refractivity contribution in [3.8, 4) is 0 Å². The van der Waals surface area contributed by atoms with E-state index in [1.54, 1.807) is 11.5 Å². The fourth-order valence-electron chi connectivity index (χ4n) is 1.62. The van der Waals surface area contributed by atoms with E-state index in [-0.39, 0.29) is 40.0 Å². The number of rotatable bonds is 3. The van der Waals surface area contributed by atoms with Crippen molar-refractivity contribution in [1.29, 1.82) is 0 Å². The second-order valence-electron chi connectivity index (χ2n) is 3.42. The fourth-order valence-corrected chi connectivity index (χ4v) is 1.62. The summed E-state index contributed by atoms with van der Waals surface area (Å²) in [6.07, 6.45) is 9.56. The molecule has 1 aliphatic carbocycles. The molecule has 0 amide bonds. The van der Waals surface area contributed by atoms with Gasteiger partial charge in [0.15, 0.2) is 0 Å². The predicted molar refractivity (Wildman–Crippen MR) is 60.7 cm³/mol. The Morgan fingerprint density at radius 3 is 2.29 bits per heavy atom. The smallest absolute Gasteiger partial charge is 1.00 e. The van der Waals surface area contributed by atoms with Gasteiger partial charge in [-0.05, 0) is 6.42 Å². The van der Waals surface area contributed by atoms with Crippen molar-refractivity contribution >= 4 is 23.1 Å². The van der Waals surface area contributed by atoms with E-state index in [1.165, 1.54) is 31.3 Å². The zero-order valence-electron chi connectivity index (χ0n) is 9.57. The van der Waals surface area contributed by atoms with Crippen molar-refractivity contribution in [2.75, 3.05) is 0 Å². The molecule has 2 heteroatoms. The molecule has 0 aromatic rings. The molecule has 0 heterocycles. The van der Waals surface area contributed by atoms with Gasteiger partial charge in [0.1, 0.15) is 0 Å². The average molecular weight is 267 g/mol. The molecule has 0 radical (unpaired) electrons. The maximum atomic E-state index is 2.37. The molecule has 14 heavy (non-hydrogen) atoms. The summed E-state index contributed by atoms with van der Waals surface area (Å²) < 4.78 is 0. The van der Waals surface area contributed by atoms with Gasteiger partial charge in [-0.3, -0.25) is 0 Å². The maximum Gasteiger partial charge on any atom is 2.00 e. The van der Waals surface area contributed by atoms with Crippen LogP contribution in [0.25, 0.3) is 0 Å². The summed E-state index contributed by atoms with van der Waals surface area (Å²) in [5.74, 6) is 1.60. The number of allylic oxidation sites excluding steroid dienone is 4. The zero-order valence-corrected chi connectivity index (χ0v) is 12.6. The molecule has 0 nitrogen and oxygen atoms in total. The molecule has 0 aliphatic heterocycles. The third-order valence-corrected chi connectivity index (χ3v) is 2.55. The van der Waals surface area contributed by atoms with E-state index in [0.29, 0.717) is 0 Å². The Morgan fingerprint density at radius 2 is 1.86 bits per heavy atom. The van der Waals surface area contributed by atoms with Crippen LogP contribution in [0.3, 0.4) is 0 Å². The van der Waals surface area contributed by atoms with Crippen LogP contribution in [0.4, 0.5) is 0 Å². The second-order valence-corrected chi connectivity index (χ2v) is 3.42. The normalized spacial score (nSPS) is 14.9. The van der Waals surface area contributed by atoms with Crippen molar-refractivity contribution in [3.63, 3.8) is 0 Å². The van der Waals surface area contributed by atoms with E-state index in [2.05, 4.69) is 32.9 Å². The molecule has 0 saturated carbocycles. The Balaban J connectivity index is 0. The largest absolute Gasteiger partial charge is 2.00 e. The van der Waals surface area contributed by atoms with Crippen LogP contribution in [0.15, 0.2) is 23.3 Å². The van der Waals surface area contributed by atoms with E-state index in [4.69, 9.17) is 0 Å². The molecule has 76 valence electrons. The van der Waals surface area contributed by atoms with Gasteiger partial charge < -0.3 is 17.0 Å². The van der Waals surface area contributed by atoms with Gasteiger partial charge in [-0.1, -0.05) is 33.6 Å². The van der Waals surface area contributed by atoms with Crippen LogP contribution in [0.5, 0.6) is 0 Å². The summed E-state index contributed by atoms with van der Waals surface area (Å²) in [6.45, 7) is 6.73. The van der Waals surface area contributed by atoms with Crippen molar-refractivity contribution in [3.05, 3.63) is 29.2 Å². The first-order chi connectivity index (χ1) is 5.80. The third kappa shape index (κ3) is 4.90. The molecule has 0 N–H and O–H groups in total. The fraction of sp³-hybridized carbons (Fsp3) is 0.583. The molecule has 1 aliphatic rings. The van der Waals surface area contributed by atoms with Crippen LogP contribution in [-0.2, 0) is 0 Å². The summed E-state index contributed by atoms with van der Waals surface area (Å²) in [6, 6.07) is 0. The Bertz CT molecular complexity index is 206. The molecule has 0 spiro atoms. The Morgan fingerprint density at radius 1 is 1.21 bits per heavy atom. The van der Waals surface area contributed by atoms with Crippen LogP contribution in [0.2, 0.25) is 0 Å². The minimum atomic E-state index is 0. The summed E-state index contributed by atoms with van der Waals surface area (Å²) in [4.78, 5) is 0. The monoisotopic (exact) mass is 266 g/mol. The Labute approximate surface area is 115 Å². The summed E-state index contributed by atoms with van der Waals surface area (Å²) in [7, 11) is 0. The van der Waals surface area contributed by atoms with Gasteiger partial charge in [-0.2, -0.15) is 5.57 Å². The average Bonchev–Trinajstić information content (AvgIpc) is 2.16. The first-order valence-corrected chi connectivity index (χ1v) is 5.04. The second kappa shape index (κ2) is 8.87. The van der Waals surface area contributed by atoms with Crippen LogP contribution in [0.1, 0.15) is 46.5 Å². The standard InChI is InChI=1S/C12H19.BrH.Mg/c1-4-10-7-11(5-2)9-12(6-3)8-10;;/h7-8H,4-6,9H2,1-3H3;1H;/q-1;;+2/p-1. The predicted octanol–water partition coefficient (Wildman–Crippen LogP) is 0.671. The molecular weight excluding hydrogens is 248 g/mol. The summed E-state index contributed by atoms with van der Waals surface area (Å²) in [5.41, 5.74) is 3.11. The van der Waals surface area contributed by atoms with E-state index >= 15 is 0 Å². The molecule has 0 aromatic heterocycles. The van der Waals surface area contributed by atoms with Gasteiger partial charge in [-0.15, -0.1) is 18.1 Å².